The van der Waals surface area contributed by atoms with Crippen LogP contribution in [0.1, 0.15) is 34.6 Å². The smallest absolute Gasteiger partial charge is 0.252 e. The molecule has 164 valence electrons. The maximum absolute atomic E-state index is 13.0. The summed E-state index contributed by atoms with van der Waals surface area (Å²) in [6.07, 6.45) is -3.53. The number of benzene rings is 1. The van der Waals surface area contributed by atoms with Gasteiger partial charge in [-0.2, -0.15) is 0 Å². The normalized spacial score (nSPS) is 34.5. The highest BCUT2D eigenvalue weighted by Crippen LogP contribution is 2.44. The third-order valence-corrected chi connectivity index (χ3v) is 5.21. The molecule has 3 heterocycles. The highest BCUT2D eigenvalue weighted by Gasteiger charge is 2.62. The lowest BCUT2D eigenvalue weighted by atomic mass is 9.98. The number of carbonyl (C=O) groups is 2. The summed E-state index contributed by atoms with van der Waals surface area (Å²) < 4.78 is 29.6. The van der Waals surface area contributed by atoms with Crippen molar-refractivity contribution in [2.24, 2.45) is 0 Å². The number of rotatable bonds is 4. The van der Waals surface area contributed by atoms with Gasteiger partial charge < -0.3 is 34.3 Å². The molecule has 1 aromatic rings. The van der Waals surface area contributed by atoms with E-state index in [0.29, 0.717) is 5.69 Å². The van der Waals surface area contributed by atoms with E-state index in [9.17, 15) is 9.59 Å². The summed E-state index contributed by atoms with van der Waals surface area (Å²) in [4.78, 5) is 25.5. The standard InChI is InChI=1S/C21H28N2O7/c1-11(17(24)23-12-9-7-6-8-10-12)22-18(25)15-13-14(28-20(2,3)27-13)16-19(26-15)30-21(4,5)29-16/h6-11,13-16,19H,1-5H3,(H,22,25)(H,23,24)/t11-,13+,14+,15+,16+,19+/m0/s1. The topological polar surface area (TPSA) is 104 Å². The van der Waals surface area contributed by atoms with Crippen LogP contribution in [-0.4, -0.2) is 60.1 Å². The average Bonchev–Trinajstić information content (AvgIpc) is 3.15. The van der Waals surface area contributed by atoms with Crippen molar-refractivity contribution in [2.75, 3.05) is 5.32 Å². The van der Waals surface area contributed by atoms with E-state index in [1.54, 1.807) is 46.8 Å². The van der Waals surface area contributed by atoms with Crippen LogP contribution in [0.2, 0.25) is 0 Å². The zero-order valence-electron chi connectivity index (χ0n) is 17.7. The molecule has 0 radical (unpaired) electrons. The zero-order chi connectivity index (χ0) is 21.7. The Bertz CT molecular complexity index is 813. The Labute approximate surface area is 175 Å². The Hall–Kier alpha value is -2.04. The third-order valence-electron chi connectivity index (χ3n) is 5.21. The zero-order valence-corrected chi connectivity index (χ0v) is 17.7. The molecule has 0 unspecified atom stereocenters. The second kappa shape index (κ2) is 7.58. The second-order valence-corrected chi connectivity index (χ2v) is 8.68. The minimum atomic E-state index is -1.01. The predicted octanol–water partition coefficient (Wildman–Crippen LogP) is 1.53. The van der Waals surface area contributed by atoms with E-state index in [-0.39, 0.29) is 5.91 Å². The SMILES string of the molecule is C[C@H](NC(=O)[C@@H]1O[C@@H]2OC(C)(C)O[C@@H]2[C@@H]2OC(C)(C)O[C@H]21)C(=O)Nc1ccccc1. The van der Waals surface area contributed by atoms with Crippen LogP contribution >= 0.6 is 0 Å². The number of carbonyl (C=O) groups excluding carboxylic acids is 2. The molecule has 9 heteroatoms. The fourth-order valence-corrected chi connectivity index (χ4v) is 3.96. The van der Waals surface area contributed by atoms with Crippen molar-refractivity contribution in [3.63, 3.8) is 0 Å². The molecule has 30 heavy (non-hydrogen) atoms. The molecule has 3 aliphatic rings. The number of anilines is 1. The third kappa shape index (κ3) is 4.21. The van der Waals surface area contributed by atoms with E-state index in [4.69, 9.17) is 23.7 Å². The summed E-state index contributed by atoms with van der Waals surface area (Å²) in [6.45, 7) is 8.69. The fourth-order valence-electron chi connectivity index (χ4n) is 3.96. The predicted molar refractivity (Wildman–Crippen MR) is 105 cm³/mol. The highest BCUT2D eigenvalue weighted by atomic mass is 16.9. The van der Waals surface area contributed by atoms with Gasteiger partial charge in [-0.25, -0.2) is 0 Å². The summed E-state index contributed by atoms with van der Waals surface area (Å²) in [6, 6.07) is 8.24. The van der Waals surface area contributed by atoms with E-state index >= 15 is 0 Å². The number of hydrogen-bond donors (Lipinski definition) is 2. The van der Waals surface area contributed by atoms with Gasteiger partial charge in [-0.3, -0.25) is 9.59 Å². The number of nitrogens with one attached hydrogen (secondary N) is 2. The number of amides is 2. The molecule has 3 aliphatic heterocycles. The van der Waals surface area contributed by atoms with Gasteiger partial charge >= 0.3 is 0 Å². The molecule has 0 aromatic heterocycles. The summed E-state index contributed by atoms with van der Waals surface area (Å²) in [5.41, 5.74) is 0.647. The van der Waals surface area contributed by atoms with Crippen molar-refractivity contribution >= 4 is 17.5 Å². The van der Waals surface area contributed by atoms with Gasteiger partial charge in [-0.1, -0.05) is 18.2 Å². The monoisotopic (exact) mass is 420 g/mol. The van der Waals surface area contributed by atoms with Crippen LogP contribution in [0.5, 0.6) is 0 Å². The lowest BCUT2D eigenvalue weighted by molar-refractivity contribution is -0.231. The van der Waals surface area contributed by atoms with Crippen LogP contribution < -0.4 is 10.6 Å². The number of hydrogen-bond acceptors (Lipinski definition) is 7. The molecule has 1 aromatic carbocycles. The molecule has 6 atom stereocenters. The maximum Gasteiger partial charge on any atom is 0.252 e. The molecule has 4 rings (SSSR count). The molecule has 0 spiro atoms. The van der Waals surface area contributed by atoms with Gasteiger partial charge in [0.05, 0.1) is 0 Å². The first-order chi connectivity index (χ1) is 14.0. The molecule has 9 nitrogen and oxygen atoms in total. The fraction of sp³-hybridized carbons (Fsp3) is 0.619. The van der Waals surface area contributed by atoms with E-state index < -0.39 is 54.2 Å². The number of fused-ring (bicyclic) bond motifs is 3. The molecule has 3 saturated heterocycles. The largest absolute Gasteiger partial charge is 0.342 e. The maximum atomic E-state index is 13.0. The van der Waals surface area contributed by atoms with Gasteiger partial charge in [-0.15, -0.1) is 0 Å². The lowest BCUT2D eigenvalue weighted by Crippen LogP contribution is -2.60. The quantitative estimate of drug-likeness (QED) is 0.761. The minimum Gasteiger partial charge on any atom is -0.342 e. The summed E-state index contributed by atoms with van der Waals surface area (Å²) >= 11 is 0. The van der Waals surface area contributed by atoms with Crippen LogP contribution in [-0.2, 0) is 33.3 Å². The van der Waals surface area contributed by atoms with Crippen molar-refractivity contribution in [1.82, 2.24) is 5.32 Å². The van der Waals surface area contributed by atoms with Crippen LogP contribution in [0.25, 0.3) is 0 Å². The van der Waals surface area contributed by atoms with Crippen molar-refractivity contribution in [3.05, 3.63) is 30.3 Å². The molecule has 0 saturated carbocycles. The average molecular weight is 420 g/mol. The van der Waals surface area contributed by atoms with E-state index in [2.05, 4.69) is 10.6 Å². The lowest BCUT2D eigenvalue weighted by Gasteiger charge is -2.36. The molecule has 3 fully saturated rings. The van der Waals surface area contributed by atoms with Gasteiger partial charge in [0.1, 0.15) is 24.4 Å². The molecule has 0 bridgehead atoms. The minimum absolute atomic E-state index is 0.342. The van der Waals surface area contributed by atoms with Crippen LogP contribution in [0, 0.1) is 0 Å². The summed E-state index contributed by atoms with van der Waals surface area (Å²) in [5, 5.41) is 5.46. The Morgan fingerprint density at radius 1 is 0.900 bits per heavy atom. The van der Waals surface area contributed by atoms with Gasteiger partial charge in [-0.05, 0) is 46.8 Å². The van der Waals surface area contributed by atoms with Crippen molar-refractivity contribution in [1.29, 1.82) is 0 Å². The molecular weight excluding hydrogens is 392 g/mol. The molecule has 2 amide bonds. The van der Waals surface area contributed by atoms with Crippen molar-refractivity contribution in [2.45, 2.75) is 82.9 Å². The first-order valence-electron chi connectivity index (χ1n) is 10.1. The molecule has 2 N–H and O–H groups in total. The summed E-state index contributed by atoms with van der Waals surface area (Å²) in [7, 11) is 0. The van der Waals surface area contributed by atoms with Gasteiger partial charge in [0.15, 0.2) is 24.0 Å². The Morgan fingerprint density at radius 2 is 1.50 bits per heavy atom. The van der Waals surface area contributed by atoms with E-state index in [1.807, 2.05) is 18.2 Å². The Kier molecular flexibility index (Phi) is 5.36. The van der Waals surface area contributed by atoms with Gasteiger partial charge in [0.25, 0.3) is 5.91 Å². The van der Waals surface area contributed by atoms with Crippen molar-refractivity contribution in [3.8, 4) is 0 Å². The van der Waals surface area contributed by atoms with Gasteiger partial charge in [0.2, 0.25) is 5.91 Å². The van der Waals surface area contributed by atoms with Crippen LogP contribution in [0.15, 0.2) is 30.3 Å². The number of para-hydroxylation sites is 1. The van der Waals surface area contributed by atoms with E-state index in [1.165, 1.54) is 0 Å². The van der Waals surface area contributed by atoms with Gasteiger partial charge in [0, 0.05) is 5.69 Å². The summed E-state index contributed by atoms with van der Waals surface area (Å²) in [5.74, 6) is -2.60. The molecule has 0 aliphatic carbocycles. The van der Waals surface area contributed by atoms with Crippen LogP contribution in [0.3, 0.4) is 0 Å². The second-order valence-electron chi connectivity index (χ2n) is 8.68. The number of ether oxygens (including phenoxy) is 5. The first kappa shape index (κ1) is 21.2. The van der Waals surface area contributed by atoms with Crippen molar-refractivity contribution < 1.29 is 33.3 Å². The van der Waals surface area contributed by atoms with E-state index in [0.717, 1.165) is 0 Å². The Balaban J connectivity index is 1.45. The highest BCUT2D eigenvalue weighted by molar-refractivity contribution is 5.97. The molecular formula is C21H28N2O7. The Morgan fingerprint density at radius 3 is 2.20 bits per heavy atom. The van der Waals surface area contributed by atoms with Crippen LogP contribution in [0.4, 0.5) is 5.69 Å². The first-order valence-corrected chi connectivity index (χ1v) is 10.1.